The van der Waals surface area contributed by atoms with Crippen LogP contribution in [0.25, 0.3) is 10.9 Å². The number of anilines is 1. The summed E-state index contributed by atoms with van der Waals surface area (Å²) in [6, 6.07) is 4.86. The minimum absolute atomic E-state index is 0.246. The quantitative estimate of drug-likeness (QED) is 0.637. The van der Waals surface area contributed by atoms with Gasteiger partial charge in [0.05, 0.1) is 11.7 Å². The van der Waals surface area contributed by atoms with Crippen molar-refractivity contribution >= 4 is 35.1 Å². The van der Waals surface area contributed by atoms with Gasteiger partial charge in [0.25, 0.3) is 5.91 Å². The molecule has 1 aromatic heterocycles. The Morgan fingerprint density at radius 1 is 1.35 bits per heavy atom. The minimum Gasteiger partial charge on any atom is -0.475 e. The van der Waals surface area contributed by atoms with Crippen LogP contribution in [-0.4, -0.2) is 33.7 Å². The summed E-state index contributed by atoms with van der Waals surface area (Å²) in [5, 5.41) is 21.9. The van der Waals surface area contributed by atoms with Gasteiger partial charge >= 0.3 is 7.12 Å². The Morgan fingerprint density at radius 2 is 2.10 bits per heavy atom. The summed E-state index contributed by atoms with van der Waals surface area (Å²) in [5.41, 5.74) is 0.479. The smallest absolute Gasteiger partial charge is 0.475 e. The van der Waals surface area contributed by atoms with E-state index in [9.17, 15) is 14.8 Å². The molecule has 0 fully saturated rings. The molecule has 1 aliphatic rings. The van der Waals surface area contributed by atoms with Gasteiger partial charge < -0.3 is 20.1 Å². The monoisotopic (exact) mass is 272 g/mol. The fourth-order valence-corrected chi connectivity index (χ4v) is 2.12. The Kier molecular flexibility index (Phi) is 2.70. The molecule has 1 aromatic carbocycles. The van der Waals surface area contributed by atoms with Crippen LogP contribution in [0, 0.1) is 0 Å². The second-order valence-electron chi connectivity index (χ2n) is 5.22. The highest BCUT2D eigenvalue weighted by Gasteiger charge is 2.36. The zero-order valence-electron chi connectivity index (χ0n) is 11.0. The Labute approximate surface area is 115 Å². The van der Waals surface area contributed by atoms with E-state index < -0.39 is 12.7 Å². The van der Waals surface area contributed by atoms with Gasteiger partial charge in [-0.2, -0.15) is 0 Å². The number of benzene rings is 1. The molecule has 7 heteroatoms. The lowest BCUT2D eigenvalue weighted by Crippen LogP contribution is -2.45. The summed E-state index contributed by atoms with van der Waals surface area (Å²) in [6.45, 7) is 3.34. The lowest BCUT2D eigenvalue weighted by molar-refractivity contribution is -0.129. The molecule has 2 heterocycles. The zero-order valence-corrected chi connectivity index (χ0v) is 11.0. The summed E-state index contributed by atoms with van der Waals surface area (Å²) in [4.78, 5) is 16.1. The molecule has 0 saturated carbocycles. The number of pyridine rings is 1. The highest BCUT2D eigenvalue weighted by atomic mass is 16.5. The first-order valence-corrected chi connectivity index (χ1v) is 6.18. The standard InChI is InChI=1S/C13H13BN2O4/c1-13(2)12(17)16-10-6-15-9-4-3-7(14(18)19)5-8(9)11(10)20-13/h3-6,18-19H,1-2H3,(H,16,17). The number of carbonyl (C=O) groups excluding carboxylic acids is 1. The number of rotatable bonds is 1. The second kappa shape index (κ2) is 4.19. The van der Waals surface area contributed by atoms with E-state index in [0.717, 1.165) is 0 Å². The molecule has 0 saturated heterocycles. The zero-order chi connectivity index (χ0) is 14.5. The SMILES string of the molecule is CC1(C)Oc2c(cnc3ccc(B(O)O)cc23)NC1=O. The van der Waals surface area contributed by atoms with Gasteiger partial charge in [-0.25, -0.2) is 0 Å². The first-order chi connectivity index (χ1) is 9.38. The van der Waals surface area contributed by atoms with Gasteiger partial charge in [0, 0.05) is 5.39 Å². The van der Waals surface area contributed by atoms with Crippen molar-refractivity contribution in [1.29, 1.82) is 0 Å². The van der Waals surface area contributed by atoms with Crippen LogP contribution in [0.1, 0.15) is 13.8 Å². The summed E-state index contributed by atoms with van der Waals surface area (Å²) in [7, 11) is -1.57. The van der Waals surface area contributed by atoms with Gasteiger partial charge in [0.1, 0.15) is 5.69 Å². The Hall–Kier alpha value is -2.12. The number of ether oxygens (including phenoxy) is 1. The number of nitrogens with one attached hydrogen (secondary N) is 1. The average molecular weight is 272 g/mol. The average Bonchev–Trinajstić information content (AvgIpc) is 2.39. The number of nitrogens with zero attached hydrogens (tertiary/aromatic N) is 1. The Balaban J connectivity index is 2.24. The van der Waals surface area contributed by atoms with Crippen molar-refractivity contribution in [3.8, 4) is 5.75 Å². The summed E-state index contributed by atoms with van der Waals surface area (Å²) in [5.74, 6) is 0.242. The van der Waals surface area contributed by atoms with Gasteiger partial charge in [0.15, 0.2) is 11.4 Å². The van der Waals surface area contributed by atoms with E-state index in [1.54, 1.807) is 32.0 Å². The first-order valence-electron chi connectivity index (χ1n) is 6.18. The van der Waals surface area contributed by atoms with Crippen LogP contribution in [0.5, 0.6) is 5.75 Å². The number of hydrogen-bond acceptors (Lipinski definition) is 5. The summed E-state index contributed by atoms with van der Waals surface area (Å²) >= 11 is 0. The van der Waals surface area contributed by atoms with Gasteiger partial charge in [-0.3, -0.25) is 9.78 Å². The van der Waals surface area contributed by atoms with E-state index in [-0.39, 0.29) is 5.91 Å². The molecule has 3 N–H and O–H groups in total. The Morgan fingerprint density at radius 3 is 2.80 bits per heavy atom. The molecule has 0 atom stereocenters. The fourth-order valence-electron chi connectivity index (χ4n) is 2.12. The van der Waals surface area contributed by atoms with Crippen molar-refractivity contribution < 1.29 is 19.6 Å². The lowest BCUT2D eigenvalue weighted by Gasteiger charge is -2.32. The number of carbonyl (C=O) groups is 1. The predicted octanol–water partition coefficient (Wildman–Crippen LogP) is 0.0241. The second-order valence-corrected chi connectivity index (χ2v) is 5.22. The van der Waals surface area contributed by atoms with Crippen molar-refractivity contribution in [2.45, 2.75) is 19.4 Å². The maximum atomic E-state index is 11.8. The first kappa shape index (κ1) is 12.9. The maximum Gasteiger partial charge on any atom is 0.488 e. The molecule has 0 aliphatic carbocycles. The van der Waals surface area contributed by atoms with Crippen LogP contribution in [0.4, 0.5) is 5.69 Å². The molecule has 1 aliphatic heterocycles. The van der Waals surface area contributed by atoms with Crippen LogP contribution in [0.3, 0.4) is 0 Å². The third-order valence-corrected chi connectivity index (χ3v) is 3.29. The highest BCUT2D eigenvalue weighted by Crippen LogP contribution is 2.38. The largest absolute Gasteiger partial charge is 0.488 e. The van der Waals surface area contributed by atoms with E-state index in [1.165, 1.54) is 6.20 Å². The molecule has 0 radical (unpaired) electrons. The van der Waals surface area contributed by atoms with Crippen molar-refractivity contribution in [3.63, 3.8) is 0 Å². The molecule has 1 amide bonds. The Bertz CT molecular complexity index is 715. The molecule has 6 nitrogen and oxygen atoms in total. The molecule has 0 bridgehead atoms. The number of fused-ring (bicyclic) bond motifs is 3. The number of hydrogen-bond donors (Lipinski definition) is 3. The van der Waals surface area contributed by atoms with Gasteiger partial charge in [-0.1, -0.05) is 6.07 Å². The predicted molar refractivity (Wildman–Crippen MR) is 74.9 cm³/mol. The lowest BCUT2D eigenvalue weighted by atomic mass is 9.79. The molecule has 0 spiro atoms. The number of amides is 1. The van der Waals surface area contributed by atoms with Gasteiger partial charge in [-0.05, 0) is 31.4 Å². The van der Waals surface area contributed by atoms with Crippen LogP contribution < -0.4 is 15.5 Å². The summed E-state index contributed by atoms with van der Waals surface area (Å²) in [6.07, 6.45) is 1.53. The molecule has 3 rings (SSSR count). The van der Waals surface area contributed by atoms with E-state index in [2.05, 4.69) is 10.3 Å². The molecular formula is C13H13BN2O4. The van der Waals surface area contributed by atoms with Crippen molar-refractivity contribution in [3.05, 3.63) is 24.4 Å². The minimum atomic E-state index is -1.57. The van der Waals surface area contributed by atoms with Crippen LogP contribution >= 0.6 is 0 Å². The molecular weight excluding hydrogens is 259 g/mol. The van der Waals surface area contributed by atoms with E-state index >= 15 is 0 Å². The van der Waals surface area contributed by atoms with Crippen molar-refractivity contribution in [1.82, 2.24) is 4.98 Å². The molecule has 0 unspecified atom stereocenters. The molecule has 102 valence electrons. The molecule has 20 heavy (non-hydrogen) atoms. The summed E-state index contributed by atoms with van der Waals surface area (Å²) < 4.78 is 5.76. The van der Waals surface area contributed by atoms with Gasteiger partial charge in [-0.15, -0.1) is 0 Å². The third kappa shape index (κ3) is 1.91. The number of aromatic nitrogens is 1. The van der Waals surface area contributed by atoms with Crippen molar-refractivity contribution in [2.75, 3.05) is 5.32 Å². The normalized spacial score (nSPS) is 16.3. The van der Waals surface area contributed by atoms with Gasteiger partial charge in [0.2, 0.25) is 0 Å². The highest BCUT2D eigenvalue weighted by molar-refractivity contribution is 6.58. The maximum absolute atomic E-state index is 11.8. The van der Waals surface area contributed by atoms with Crippen LogP contribution in [-0.2, 0) is 4.79 Å². The third-order valence-electron chi connectivity index (χ3n) is 3.29. The molecule has 2 aromatic rings. The van der Waals surface area contributed by atoms with E-state index in [0.29, 0.717) is 27.8 Å². The fraction of sp³-hybridized carbons (Fsp3) is 0.231. The van der Waals surface area contributed by atoms with Crippen LogP contribution in [0.15, 0.2) is 24.4 Å². The van der Waals surface area contributed by atoms with Crippen molar-refractivity contribution in [2.24, 2.45) is 0 Å². The van der Waals surface area contributed by atoms with Crippen LogP contribution in [0.2, 0.25) is 0 Å². The van der Waals surface area contributed by atoms with E-state index in [1.807, 2.05) is 0 Å². The topological polar surface area (TPSA) is 91.7 Å². The van der Waals surface area contributed by atoms with E-state index in [4.69, 9.17) is 4.74 Å².